The maximum absolute atomic E-state index is 12.6. The third-order valence-electron chi connectivity index (χ3n) is 3.67. The summed E-state index contributed by atoms with van der Waals surface area (Å²) in [7, 11) is -1.72. The second-order valence-corrected chi connectivity index (χ2v) is 7.39. The number of aryl methyl sites for hydroxylation is 1. The Morgan fingerprint density at radius 3 is 2.72 bits per heavy atom. The molecular weight excluding hydrogens is 318 g/mol. The van der Waals surface area contributed by atoms with Gasteiger partial charge in [-0.2, -0.15) is 9.40 Å². The van der Waals surface area contributed by atoms with Crippen LogP contribution in [0.15, 0.2) is 15.7 Å². The summed E-state index contributed by atoms with van der Waals surface area (Å²) >= 11 is 3.28. The molecule has 2 heterocycles. The number of hydrogen-bond acceptors (Lipinski definition) is 3. The van der Waals surface area contributed by atoms with Gasteiger partial charge in [0, 0.05) is 19.6 Å². The Morgan fingerprint density at radius 2 is 2.22 bits per heavy atom. The van der Waals surface area contributed by atoms with Crippen molar-refractivity contribution < 1.29 is 8.42 Å². The molecular formula is C11H18BrN3O2S. The van der Waals surface area contributed by atoms with Gasteiger partial charge in [0.2, 0.25) is 10.0 Å². The highest BCUT2D eigenvalue weighted by Gasteiger charge is 2.39. The van der Waals surface area contributed by atoms with E-state index < -0.39 is 10.0 Å². The molecule has 0 saturated carbocycles. The molecule has 0 N–H and O–H groups in total. The minimum absolute atomic E-state index is 0.0992. The molecule has 2 atom stereocenters. The second-order valence-electron chi connectivity index (χ2n) is 4.78. The summed E-state index contributed by atoms with van der Waals surface area (Å²) in [6.45, 7) is 4.75. The van der Waals surface area contributed by atoms with Crippen LogP contribution >= 0.6 is 15.9 Å². The third-order valence-corrected chi connectivity index (χ3v) is 6.80. The number of rotatable bonds is 3. The fourth-order valence-corrected chi connectivity index (χ4v) is 5.22. The molecule has 1 saturated heterocycles. The Bertz CT molecular complexity index is 540. The van der Waals surface area contributed by atoms with Gasteiger partial charge in [-0.25, -0.2) is 8.42 Å². The molecule has 18 heavy (non-hydrogen) atoms. The van der Waals surface area contributed by atoms with Crippen molar-refractivity contribution in [1.82, 2.24) is 14.1 Å². The van der Waals surface area contributed by atoms with E-state index in [2.05, 4.69) is 28.0 Å². The van der Waals surface area contributed by atoms with Gasteiger partial charge in [0.25, 0.3) is 0 Å². The first kappa shape index (κ1) is 14.0. The summed E-state index contributed by atoms with van der Waals surface area (Å²) in [6, 6.07) is 0.0992. The molecule has 0 radical (unpaired) electrons. The monoisotopic (exact) mass is 335 g/mol. The van der Waals surface area contributed by atoms with Crippen LogP contribution in [-0.4, -0.2) is 35.1 Å². The van der Waals surface area contributed by atoms with E-state index in [4.69, 9.17) is 0 Å². The summed E-state index contributed by atoms with van der Waals surface area (Å²) in [5, 5.41) is 3.99. The average molecular weight is 336 g/mol. The molecule has 0 unspecified atom stereocenters. The highest BCUT2D eigenvalue weighted by molar-refractivity contribution is 9.10. The Hall–Kier alpha value is -0.400. The fourth-order valence-electron chi connectivity index (χ4n) is 2.58. The highest BCUT2D eigenvalue weighted by atomic mass is 79.9. The van der Waals surface area contributed by atoms with Crippen molar-refractivity contribution in [2.45, 2.75) is 37.6 Å². The number of hydrogen-bond donors (Lipinski definition) is 0. The van der Waals surface area contributed by atoms with Crippen molar-refractivity contribution >= 4 is 26.0 Å². The van der Waals surface area contributed by atoms with Crippen molar-refractivity contribution in [3.05, 3.63) is 10.8 Å². The molecule has 1 fully saturated rings. The Morgan fingerprint density at radius 1 is 1.56 bits per heavy atom. The lowest BCUT2D eigenvalue weighted by Crippen LogP contribution is -2.37. The minimum atomic E-state index is -3.44. The molecule has 7 heteroatoms. The number of nitrogens with zero attached hydrogens (tertiary/aromatic N) is 3. The van der Waals surface area contributed by atoms with Gasteiger partial charge >= 0.3 is 0 Å². The summed E-state index contributed by atoms with van der Waals surface area (Å²) < 4.78 is 28.9. The Balaban J connectivity index is 2.41. The van der Waals surface area contributed by atoms with Gasteiger partial charge in [-0.3, -0.25) is 4.68 Å². The van der Waals surface area contributed by atoms with Gasteiger partial charge in [-0.15, -0.1) is 0 Å². The van der Waals surface area contributed by atoms with Crippen LogP contribution < -0.4 is 0 Å². The zero-order valence-corrected chi connectivity index (χ0v) is 13.2. The summed E-state index contributed by atoms with van der Waals surface area (Å²) in [6.07, 6.45) is 3.18. The SMILES string of the molecule is CC[C@@H]1[C@@H](C)CCN1S(=O)(=O)c1cnn(C)c1Br. The predicted octanol–water partition coefficient (Wildman–Crippen LogP) is 1.99. The van der Waals surface area contributed by atoms with Crippen LogP contribution in [0.5, 0.6) is 0 Å². The molecule has 1 aromatic heterocycles. The largest absolute Gasteiger partial charge is 0.260 e. The topological polar surface area (TPSA) is 55.2 Å². The van der Waals surface area contributed by atoms with Gasteiger partial charge < -0.3 is 0 Å². The maximum Gasteiger partial charge on any atom is 0.247 e. The zero-order chi connectivity index (χ0) is 13.5. The van der Waals surface area contributed by atoms with Gasteiger partial charge in [0.15, 0.2) is 0 Å². The smallest absolute Gasteiger partial charge is 0.247 e. The Labute approximate surface area is 116 Å². The van der Waals surface area contributed by atoms with Crippen molar-refractivity contribution in [1.29, 1.82) is 0 Å². The van der Waals surface area contributed by atoms with Crippen LogP contribution in [0.2, 0.25) is 0 Å². The molecule has 2 rings (SSSR count). The molecule has 1 aromatic rings. The number of aromatic nitrogens is 2. The standard InChI is InChI=1S/C11H18BrN3O2S/c1-4-9-8(2)5-6-15(9)18(16,17)10-7-13-14(3)11(10)12/h7-9H,4-6H2,1-3H3/t8-,9+/m0/s1. The quantitative estimate of drug-likeness (QED) is 0.848. The summed E-state index contributed by atoms with van der Waals surface area (Å²) in [5.74, 6) is 0.417. The van der Waals surface area contributed by atoms with Crippen LogP contribution in [0.25, 0.3) is 0 Å². The van der Waals surface area contributed by atoms with E-state index >= 15 is 0 Å². The average Bonchev–Trinajstić information content (AvgIpc) is 2.84. The third kappa shape index (κ3) is 2.12. The van der Waals surface area contributed by atoms with E-state index in [1.165, 1.54) is 10.9 Å². The predicted molar refractivity (Wildman–Crippen MR) is 72.7 cm³/mol. The lowest BCUT2D eigenvalue weighted by atomic mass is 10.0. The Kier molecular flexibility index (Phi) is 3.85. The van der Waals surface area contributed by atoms with Gasteiger partial charge in [0.1, 0.15) is 9.50 Å². The van der Waals surface area contributed by atoms with Crippen LogP contribution in [0.4, 0.5) is 0 Å². The van der Waals surface area contributed by atoms with Crippen molar-refractivity contribution in [2.75, 3.05) is 6.54 Å². The maximum atomic E-state index is 12.6. The number of halogens is 1. The van der Waals surface area contributed by atoms with Crippen LogP contribution in [0, 0.1) is 5.92 Å². The molecule has 0 spiro atoms. The molecule has 0 bridgehead atoms. The molecule has 0 amide bonds. The summed E-state index contributed by atoms with van der Waals surface area (Å²) in [5.41, 5.74) is 0. The first-order chi connectivity index (χ1) is 8.39. The van der Waals surface area contributed by atoms with E-state index in [1.54, 1.807) is 11.4 Å². The normalized spacial score (nSPS) is 25.8. The highest BCUT2D eigenvalue weighted by Crippen LogP contribution is 2.33. The zero-order valence-electron chi connectivity index (χ0n) is 10.8. The molecule has 0 aliphatic carbocycles. The van der Waals surface area contributed by atoms with Crippen molar-refractivity contribution in [3.63, 3.8) is 0 Å². The minimum Gasteiger partial charge on any atom is -0.260 e. The van der Waals surface area contributed by atoms with E-state index in [-0.39, 0.29) is 10.9 Å². The number of sulfonamides is 1. The van der Waals surface area contributed by atoms with Crippen LogP contribution in [0.3, 0.4) is 0 Å². The summed E-state index contributed by atoms with van der Waals surface area (Å²) in [4.78, 5) is 0.262. The molecule has 102 valence electrons. The van der Waals surface area contributed by atoms with Gasteiger partial charge in [-0.05, 0) is 34.7 Å². The first-order valence-corrected chi connectivity index (χ1v) is 8.32. The van der Waals surface area contributed by atoms with Crippen molar-refractivity contribution in [2.24, 2.45) is 13.0 Å². The van der Waals surface area contributed by atoms with Crippen LogP contribution in [0.1, 0.15) is 26.7 Å². The van der Waals surface area contributed by atoms with Gasteiger partial charge in [-0.1, -0.05) is 13.8 Å². The van der Waals surface area contributed by atoms with Crippen LogP contribution in [-0.2, 0) is 17.1 Å². The molecule has 1 aliphatic rings. The van der Waals surface area contributed by atoms with Crippen molar-refractivity contribution in [3.8, 4) is 0 Å². The van der Waals surface area contributed by atoms with E-state index in [9.17, 15) is 8.42 Å². The molecule has 0 aromatic carbocycles. The van der Waals surface area contributed by atoms with E-state index in [0.717, 1.165) is 12.8 Å². The first-order valence-electron chi connectivity index (χ1n) is 6.09. The fraction of sp³-hybridized carbons (Fsp3) is 0.727. The van der Waals surface area contributed by atoms with E-state index in [0.29, 0.717) is 17.1 Å². The van der Waals surface area contributed by atoms with E-state index in [1.807, 2.05) is 6.92 Å². The lowest BCUT2D eigenvalue weighted by molar-refractivity contribution is 0.339. The van der Waals surface area contributed by atoms with Gasteiger partial charge in [0.05, 0.1) is 6.20 Å². The second kappa shape index (κ2) is 4.94. The molecule has 1 aliphatic heterocycles. The molecule has 5 nitrogen and oxygen atoms in total. The lowest BCUT2D eigenvalue weighted by Gasteiger charge is -2.24.